The molecule has 1 N–H and O–H groups in total. The second kappa shape index (κ2) is 4.92. The Morgan fingerprint density at radius 1 is 1.30 bits per heavy atom. The Labute approximate surface area is 120 Å². The first-order valence-corrected chi connectivity index (χ1v) is 8.33. The van der Waals surface area contributed by atoms with E-state index in [1.54, 1.807) is 24.3 Å². The molecule has 2 aromatic heterocycles. The summed E-state index contributed by atoms with van der Waals surface area (Å²) in [4.78, 5) is 5.03. The van der Waals surface area contributed by atoms with Crippen molar-refractivity contribution in [2.75, 3.05) is 4.72 Å². The largest absolute Gasteiger partial charge is 0.443 e. The number of aromatic nitrogens is 1. The predicted molar refractivity (Wildman–Crippen MR) is 78.5 cm³/mol. The van der Waals surface area contributed by atoms with E-state index in [4.69, 9.17) is 4.42 Å². The molecule has 0 amide bonds. The number of oxazole rings is 1. The number of hydrogen-bond acceptors (Lipinski definition) is 5. The van der Waals surface area contributed by atoms with E-state index < -0.39 is 10.0 Å². The number of fused-ring (bicyclic) bond motifs is 1. The Kier molecular flexibility index (Phi) is 3.23. The van der Waals surface area contributed by atoms with Crippen molar-refractivity contribution in [3.05, 3.63) is 41.6 Å². The molecule has 0 aliphatic rings. The zero-order chi connectivity index (χ0) is 14.2. The number of nitrogens with zero attached hydrogens (tertiary/aromatic N) is 1. The Bertz CT molecular complexity index is 849. The van der Waals surface area contributed by atoms with Crippen LogP contribution in [0.4, 0.5) is 5.69 Å². The summed E-state index contributed by atoms with van der Waals surface area (Å²) in [5, 5.41) is 0. The van der Waals surface area contributed by atoms with E-state index in [1.165, 1.54) is 17.7 Å². The van der Waals surface area contributed by atoms with Crippen molar-refractivity contribution in [3.63, 3.8) is 0 Å². The van der Waals surface area contributed by atoms with Gasteiger partial charge in [0.25, 0.3) is 10.0 Å². The van der Waals surface area contributed by atoms with Crippen LogP contribution in [0.2, 0.25) is 0 Å². The summed E-state index contributed by atoms with van der Waals surface area (Å²) in [6, 6.07) is 8.45. The molecule has 0 atom stereocenters. The maximum absolute atomic E-state index is 12.3. The van der Waals surface area contributed by atoms with E-state index >= 15 is 0 Å². The average molecular weight is 308 g/mol. The summed E-state index contributed by atoms with van der Waals surface area (Å²) >= 11 is 1.28. The van der Waals surface area contributed by atoms with E-state index in [9.17, 15) is 8.42 Å². The van der Waals surface area contributed by atoms with Gasteiger partial charge in [-0.3, -0.25) is 4.72 Å². The third-order valence-corrected chi connectivity index (χ3v) is 5.94. The van der Waals surface area contributed by atoms with Crippen molar-refractivity contribution in [3.8, 4) is 0 Å². The highest BCUT2D eigenvalue weighted by Crippen LogP contribution is 2.25. The number of thiophene rings is 1. The first-order valence-electron chi connectivity index (χ1n) is 6.03. The van der Waals surface area contributed by atoms with Gasteiger partial charge in [-0.05, 0) is 30.7 Å². The van der Waals surface area contributed by atoms with Gasteiger partial charge in [-0.2, -0.15) is 0 Å². The Morgan fingerprint density at radius 2 is 2.15 bits per heavy atom. The molecule has 0 radical (unpaired) electrons. The van der Waals surface area contributed by atoms with Crippen LogP contribution in [0, 0.1) is 0 Å². The van der Waals surface area contributed by atoms with Gasteiger partial charge in [0.05, 0.1) is 5.69 Å². The SMILES string of the molecule is CCc1ccc(S(=O)(=O)Nc2ccc3ncoc3c2)s1. The lowest BCUT2D eigenvalue weighted by Gasteiger charge is -2.05. The van der Waals surface area contributed by atoms with Crippen molar-refractivity contribution >= 4 is 38.1 Å². The monoisotopic (exact) mass is 308 g/mol. The summed E-state index contributed by atoms with van der Waals surface area (Å²) in [5.74, 6) is 0. The minimum absolute atomic E-state index is 0.312. The Morgan fingerprint density at radius 3 is 2.90 bits per heavy atom. The molecular formula is C13H12N2O3S2. The topological polar surface area (TPSA) is 72.2 Å². The first kappa shape index (κ1) is 13.1. The minimum Gasteiger partial charge on any atom is -0.443 e. The maximum Gasteiger partial charge on any atom is 0.271 e. The first-order chi connectivity index (χ1) is 9.58. The number of hydrogen-bond donors (Lipinski definition) is 1. The summed E-state index contributed by atoms with van der Waals surface area (Å²) in [6.07, 6.45) is 2.15. The van der Waals surface area contributed by atoms with Crippen molar-refractivity contribution in [1.29, 1.82) is 0 Å². The fraction of sp³-hybridized carbons (Fsp3) is 0.154. The van der Waals surface area contributed by atoms with E-state index in [2.05, 4.69) is 9.71 Å². The third-order valence-electron chi connectivity index (χ3n) is 2.83. The highest BCUT2D eigenvalue weighted by atomic mass is 32.2. The van der Waals surface area contributed by atoms with E-state index in [0.29, 0.717) is 21.0 Å². The van der Waals surface area contributed by atoms with E-state index in [1.807, 2.05) is 13.0 Å². The number of nitrogens with one attached hydrogen (secondary N) is 1. The fourth-order valence-corrected chi connectivity index (χ4v) is 4.16. The molecule has 7 heteroatoms. The van der Waals surface area contributed by atoms with Crippen molar-refractivity contribution < 1.29 is 12.8 Å². The lowest BCUT2D eigenvalue weighted by Crippen LogP contribution is -2.11. The van der Waals surface area contributed by atoms with Crippen LogP contribution >= 0.6 is 11.3 Å². The number of aryl methyl sites for hydroxylation is 1. The average Bonchev–Trinajstić information content (AvgIpc) is 3.06. The molecule has 3 rings (SSSR count). The molecule has 0 saturated heterocycles. The molecular weight excluding hydrogens is 296 g/mol. The van der Waals surface area contributed by atoms with Gasteiger partial charge < -0.3 is 4.42 Å². The van der Waals surface area contributed by atoms with Gasteiger partial charge in [-0.15, -0.1) is 11.3 Å². The lowest BCUT2D eigenvalue weighted by atomic mass is 10.3. The zero-order valence-electron chi connectivity index (χ0n) is 10.7. The van der Waals surface area contributed by atoms with Crippen LogP contribution in [-0.4, -0.2) is 13.4 Å². The van der Waals surface area contributed by atoms with Crippen LogP contribution in [0.5, 0.6) is 0 Å². The molecule has 0 aliphatic carbocycles. The summed E-state index contributed by atoms with van der Waals surface area (Å²) < 4.78 is 32.5. The van der Waals surface area contributed by atoms with Crippen LogP contribution in [0.1, 0.15) is 11.8 Å². The van der Waals surface area contributed by atoms with Gasteiger partial charge in [-0.25, -0.2) is 13.4 Å². The number of benzene rings is 1. The smallest absolute Gasteiger partial charge is 0.271 e. The lowest BCUT2D eigenvalue weighted by molar-refractivity contribution is 0.602. The van der Waals surface area contributed by atoms with Gasteiger partial charge in [-0.1, -0.05) is 6.92 Å². The number of sulfonamides is 1. The molecule has 0 unspecified atom stereocenters. The van der Waals surface area contributed by atoms with Gasteiger partial charge >= 0.3 is 0 Å². The zero-order valence-corrected chi connectivity index (χ0v) is 12.3. The molecule has 5 nitrogen and oxygen atoms in total. The number of rotatable bonds is 4. The van der Waals surface area contributed by atoms with Crippen LogP contribution in [0.15, 0.2) is 45.4 Å². The van der Waals surface area contributed by atoms with Crippen LogP contribution in [0.3, 0.4) is 0 Å². The second-order valence-corrected chi connectivity index (χ2v) is 7.29. The van der Waals surface area contributed by atoms with Crippen LogP contribution in [0.25, 0.3) is 11.1 Å². The summed E-state index contributed by atoms with van der Waals surface area (Å²) in [5.41, 5.74) is 1.70. The minimum atomic E-state index is -3.55. The summed E-state index contributed by atoms with van der Waals surface area (Å²) in [7, 11) is -3.55. The van der Waals surface area contributed by atoms with E-state index in [-0.39, 0.29) is 0 Å². The van der Waals surface area contributed by atoms with Gasteiger partial charge in [0, 0.05) is 10.9 Å². The molecule has 0 spiro atoms. The Hall–Kier alpha value is -1.86. The fourth-order valence-electron chi connectivity index (χ4n) is 1.82. The third kappa shape index (κ3) is 2.41. The van der Waals surface area contributed by atoms with Gasteiger partial charge in [0.15, 0.2) is 12.0 Å². The standard InChI is InChI=1S/C13H12N2O3S2/c1-2-10-4-6-13(19-10)20(16,17)15-9-3-5-11-12(7-9)18-8-14-11/h3-8,15H,2H2,1H3. The molecule has 1 aromatic carbocycles. The Balaban J connectivity index is 1.92. The van der Waals surface area contributed by atoms with Crippen LogP contribution in [-0.2, 0) is 16.4 Å². The number of anilines is 1. The van der Waals surface area contributed by atoms with Gasteiger partial charge in [0.1, 0.15) is 9.73 Å². The highest BCUT2D eigenvalue weighted by Gasteiger charge is 2.17. The molecule has 0 fully saturated rings. The molecule has 104 valence electrons. The maximum atomic E-state index is 12.3. The molecule has 0 saturated carbocycles. The highest BCUT2D eigenvalue weighted by molar-refractivity contribution is 7.94. The van der Waals surface area contributed by atoms with Crippen LogP contribution < -0.4 is 4.72 Å². The second-order valence-electron chi connectivity index (χ2n) is 4.21. The predicted octanol–water partition coefficient (Wildman–Crippen LogP) is 3.25. The molecule has 20 heavy (non-hydrogen) atoms. The normalized spacial score (nSPS) is 11.8. The quantitative estimate of drug-likeness (QED) is 0.803. The summed E-state index contributed by atoms with van der Waals surface area (Å²) in [6.45, 7) is 1.99. The van der Waals surface area contributed by atoms with E-state index in [0.717, 1.165) is 11.3 Å². The van der Waals surface area contributed by atoms with Crippen molar-refractivity contribution in [1.82, 2.24) is 4.98 Å². The molecule has 2 heterocycles. The molecule has 0 bridgehead atoms. The van der Waals surface area contributed by atoms with Crippen molar-refractivity contribution in [2.24, 2.45) is 0 Å². The molecule has 3 aromatic rings. The molecule has 0 aliphatic heterocycles. The van der Waals surface area contributed by atoms with Crippen molar-refractivity contribution in [2.45, 2.75) is 17.6 Å². The van der Waals surface area contributed by atoms with Gasteiger partial charge in [0.2, 0.25) is 0 Å².